The quantitative estimate of drug-likeness (QED) is 0.527. The molecule has 2 atom stereocenters. The summed E-state index contributed by atoms with van der Waals surface area (Å²) in [5, 5.41) is 10.1. The average Bonchev–Trinajstić information content (AvgIpc) is 2.67. The van der Waals surface area contributed by atoms with Crippen molar-refractivity contribution in [3.8, 4) is 0 Å². The Balaban J connectivity index is 2.50. The molecule has 6 nitrogen and oxygen atoms in total. The number of anilines is 1. The van der Waals surface area contributed by atoms with E-state index in [1.807, 2.05) is 18.7 Å². The zero-order valence-electron chi connectivity index (χ0n) is 18.5. The summed E-state index contributed by atoms with van der Waals surface area (Å²) in [4.78, 5) is 14.0. The lowest BCUT2D eigenvalue weighted by Gasteiger charge is -2.34. The van der Waals surface area contributed by atoms with E-state index in [1.165, 1.54) is 16.4 Å². The van der Waals surface area contributed by atoms with E-state index < -0.39 is 16.0 Å². The van der Waals surface area contributed by atoms with Crippen molar-refractivity contribution in [2.24, 2.45) is 11.8 Å². The van der Waals surface area contributed by atoms with Gasteiger partial charge in [0.15, 0.2) is 0 Å². The summed E-state index contributed by atoms with van der Waals surface area (Å²) in [6.45, 7) is 10.5. The van der Waals surface area contributed by atoms with Gasteiger partial charge in [-0.2, -0.15) is 4.31 Å². The van der Waals surface area contributed by atoms with Crippen molar-refractivity contribution in [2.45, 2.75) is 64.7 Å². The fraction of sp³-hybridized carbons (Fsp3) is 0.682. The van der Waals surface area contributed by atoms with Gasteiger partial charge >= 0.3 is 5.97 Å². The summed E-state index contributed by atoms with van der Waals surface area (Å²) in [5.41, 5.74) is 0.372. The second-order valence-electron chi connectivity index (χ2n) is 8.57. The van der Waals surface area contributed by atoms with Crippen molar-refractivity contribution in [2.75, 3.05) is 31.1 Å². The van der Waals surface area contributed by atoms with E-state index in [1.54, 1.807) is 0 Å². The molecule has 0 radical (unpaired) electrons. The molecule has 0 amide bonds. The molecule has 0 bridgehead atoms. The molecule has 8 heteroatoms. The number of sulfonamides is 1. The number of halogens is 1. The topological polar surface area (TPSA) is 77.9 Å². The van der Waals surface area contributed by atoms with Crippen LogP contribution in [0.2, 0.25) is 5.02 Å². The normalized spacial score (nSPS) is 20.3. The summed E-state index contributed by atoms with van der Waals surface area (Å²) in [6.07, 6.45) is 4.74. The molecule has 0 aromatic heterocycles. The lowest BCUT2D eigenvalue weighted by Crippen LogP contribution is -2.42. The van der Waals surface area contributed by atoms with E-state index in [0.29, 0.717) is 31.9 Å². The zero-order valence-corrected chi connectivity index (χ0v) is 20.1. The molecule has 0 aliphatic carbocycles. The molecule has 0 unspecified atom stereocenters. The predicted molar refractivity (Wildman–Crippen MR) is 122 cm³/mol. The molecule has 1 N–H and O–H groups in total. The Bertz CT molecular complexity index is 826. The van der Waals surface area contributed by atoms with Crippen LogP contribution in [0.15, 0.2) is 17.0 Å². The number of carboxylic acid groups (broad SMARTS) is 1. The highest BCUT2D eigenvalue weighted by atomic mass is 35.5. The number of nitrogens with zero attached hydrogens (tertiary/aromatic N) is 2. The van der Waals surface area contributed by atoms with Crippen LogP contribution in [0.25, 0.3) is 0 Å². The van der Waals surface area contributed by atoms with Gasteiger partial charge in [-0.1, -0.05) is 52.1 Å². The minimum absolute atomic E-state index is 0.0408. The minimum Gasteiger partial charge on any atom is -0.478 e. The molecule has 0 spiro atoms. The highest BCUT2D eigenvalue weighted by Crippen LogP contribution is 2.36. The van der Waals surface area contributed by atoms with Crippen molar-refractivity contribution < 1.29 is 18.3 Å². The van der Waals surface area contributed by atoms with Crippen molar-refractivity contribution in [1.29, 1.82) is 0 Å². The molecule has 1 aliphatic rings. The minimum atomic E-state index is -3.82. The molecule has 1 aliphatic heterocycles. The summed E-state index contributed by atoms with van der Waals surface area (Å²) in [6, 6.07) is 2.71. The van der Waals surface area contributed by atoms with Crippen LogP contribution in [-0.4, -0.2) is 50.0 Å². The first-order valence-electron chi connectivity index (χ1n) is 10.9. The monoisotopic (exact) mass is 458 g/mol. The molecule has 170 valence electrons. The van der Waals surface area contributed by atoms with Crippen molar-refractivity contribution in [1.82, 2.24) is 4.31 Å². The molecule has 1 aromatic carbocycles. The fourth-order valence-electron chi connectivity index (χ4n) is 4.19. The van der Waals surface area contributed by atoms with E-state index in [0.717, 1.165) is 32.1 Å². The van der Waals surface area contributed by atoms with Crippen LogP contribution in [0.5, 0.6) is 0 Å². The van der Waals surface area contributed by atoms with Crippen molar-refractivity contribution >= 4 is 33.3 Å². The second kappa shape index (κ2) is 10.8. The van der Waals surface area contributed by atoms with Crippen molar-refractivity contribution in [3.63, 3.8) is 0 Å². The first-order valence-corrected chi connectivity index (χ1v) is 12.7. The third-order valence-electron chi connectivity index (χ3n) is 5.62. The Morgan fingerprint density at radius 1 is 1.13 bits per heavy atom. The molecule has 1 fully saturated rings. The van der Waals surface area contributed by atoms with Gasteiger partial charge in [0.05, 0.1) is 21.2 Å². The Morgan fingerprint density at radius 3 is 2.13 bits per heavy atom. The third-order valence-corrected chi connectivity index (χ3v) is 7.72. The van der Waals surface area contributed by atoms with Gasteiger partial charge in [0, 0.05) is 26.2 Å². The van der Waals surface area contributed by atoms with Gasteiger partial charge in [-0.25, -0.2) is 13.2 Å². The number of aromatic carboxylic acids is 1. The van der Waals surface area contributed by atoms with Crippen LogP contribution < -0.4 is 4.90 Å². The highest BCUT2D eigenvalue weighted by Gasteiger charge is 2.33. The first-order chi connectivity index (χ1) is 14.1. The molecular formula is C22H35ClN2O4S. The molecule has 0 saturated carbocycles. The largest absolute Gasteiger partial charge is 0.478 e. The van der Waals surface area contributed by atoms with Crippen LogP contribution in [0.1, 0.15) is 70.2 Å². The molecule has 1 aromatic rings. The third kappa shape index (κ3) is 5.89. The van der Waals surface area contributed by atoms with Gasteiger partial charge in [0.1, 0.15) is 0 Å². The molecule has 30 heavy (non-hydrogen) atoms. The maximum Gasteiger partial charge on any atom is 0.337 e. The molecule has 2 rings (SSSR count). The summed E-state index contributed by atoms with van der Waals surface area (Å²) >= 11 is 6.55. The van der Waals surface area contributed by atoms with Gasteiger partial charge in [-0.3, -0.25) is 0 Å². The lowest BCUT2D eigenvalue weighted by atomic mass is 9.94. The Morgan fingerprint density at radius 2 is 1.67 bits per heavy atom. The second-order valence-corrected chi connectivity index (χ2v) is 10.9. The Kier molecular flexibility index (Phi) is 9.00. The number of piperidine rings is 1. The van der Waals surface area contributed by atoms with E-state index in [2.05, 4.69) is 13.8 Å². The number of benzene rings is 1. The zero-order chi connectivity index (χ0) is 22.5. The molecular weight excluding hydrogens is 424 g/mol. The van der Waals surface area contributed by atoms with Gasteiger partial charge in [0.2, 0.25) is 10.0 Å². The summed E-state index contributed by atoms with van der Waals surface area (Å²) < 4.78 is 28.0. The Labute approximate surface area is 186 Å². The smallest absolute Gasteiger partial charge is 0.337 e. The van der Waals surface area contributed by atoms with E-state index >= 15 is 0 Å². The lowest BCUT2D eigenvalue weighted by molar-refractivity contribution is 0.0697. The Hall–Kier alpha value is -1.31. The average molecular weight is 459 g/mol. The van der Waals surface area contributed by atoms with Crippen LogP contribution >= 0.6 is 11.6 Å². The summed E-state index contributed by atoms with van der Waals surface area (Å²) in [7, 11) is -3.82. The predicted octanol–water partition coefficient (Wildman–Crippen LogP) is 5.11. The van der Waals surface area contributed by atoms with Crippen LogP contribution in [0.4, 0.5) is 5.69 Å². The van der Waals surface area contributed by atoms with Crippen LogP contribution in [-0.2, 0) is 10.0 Å². The van der Waals surface area contributed by atoms with Gasteiger partial charge in [-0.15, -0.1) is 0 Å². The summed E-state index contributed by atoms with van der Waals surface area (Å²) in [5.74, 6) is -0.645. The van der Waals surface area contributed by atoms with Gasteiger partial charge in [0.25, 0.3) is 0 Å². The van der Waals surface area contributed by atoms with Crippen molar-refractivity contribution in [3.05, 3.63) is 22.7 Å². The highest BCUT2D eigenvalue weighted by molar-refractivity contribution is 7.89. The maximum absolute atomic E-state index is 13.3. The molecule has 1 heterocycles. The molecule has 1 saturated heterocycles. The van der Waals surface area contributed by atoms with Gasteiger partial charge < -0.3 is 10.0 Å². The van der Waals surface area contributed by atoms with E-state index in [-0.39, 0.29) is 27.3 Å². The number of hydrogen-bond donors (Lipinski definition) is 1. The van der Waals surface area contributed by atoms with Crippen LogP contribution in [0.3, 0.4) is 0 Å². The standard InChI is InChI=1S/C22H35ClN2O4S/c1-5-7-9-24(10-8-6-2)21-19(22(26)27)12-18(13-20(21)23)30(28,29)25-14-16(3)11-17(4)15-25/h12-13,16-17H,5-11,14-15H2,1-4H3,(H,26,27)/t16-,17+. The fourth-order valence-corrected chi connectivity index (χ4v) is 6.33. The number of carboxylic acids is 1. The number of carbonyl (C=O) groups is 1. The first kappa shape index (κ1) is 25.0. The van der Waals surface area contributed by atoms with Gasteiger partial charge in [-0.05, 0) is 43.2 Å². The SMILES string of the molecule is CCCCN(CCCC)c1c(Cl)cc(S(=O)(=O)N2C[C@H](C)C[C@H](C)C2)cc1C(=O)O. The number of rotatable bonds is 10. The van der Waals surface area contributed by atoms with Crippen LogP contribution in [0, 0.1) is 11.8 Å². The maximum atomic E-state index is 13.3. The number of unbranched alkanes of at least 4 members (excludes halogenated alkanes) is 2. The van der Waals surface area contributed by atoms with E-state index in [9.17, 15) is 18.3 Å². The van der Waals surface area contributed by atoms with E-state index in [4.69, 9.17) is 11.6 Å². The number of hydrogen-bond acceptors (Lipinski definition) is 4.